The van der Waals surface area contributed by atoms with Gasteiger partial charge >= 0.3 is 5.97 Å². The number of anilines is 2. The highest BCUT2D eigenvalue weighted by atomic mass is 32.2. The van der Waals surface area contributed by atoms with E-state index in [9.17, 15) is 48.3 Å². The van der Waals surface area contributed by atoms with Gasteiger partial charge in [-0.15, -0.1) is 11.8 Å². The molecule has 1 saturated carbocycles. The maximum absolute atomic E-state index is 14.8. The van der Waals surface area contributed by atoms with E-state index in [0.717, 1.165) is 49.0 Å². The van der Waals surface area contributed by atoms with Crippen LogP contribution in [0.3, 0.4) is 0 Å². The molecule has 12 atom stereocenters. The van der Waals surface area contributed by atoms with E-state index in [-0.39, 0.29) is 71.5 Å². The van der Waals surface area contributed by atoms with Crippen LogP contribution >= 0.6 is 23.5 Å². The number of nitrogens with one attached hydrogen (secondary N) is 3. The molecule has 1 aliphatic carbocycles. The zero-order valence-corrected chi connectivity index (χ0v) is 51.1. The number of likely N-dealkylation sites (tertiary alicyclic amines) is 1. The third kappa shape index (κ3) is 16.5. The van der Waals surface area contributed by atoms with Crippen LogP contribution in [0.1, 0.15) is 138 Å². The molecule has 8 amide bonds. The summed E-state index contributed by atoms with van der Waals surface area (Å²) in [7, 11) is 6.05. The molecule has 2 aromatic rings. The van der Waals surface area contributed by atoms with Gasteiger partial charge in [-0.1, -0.05) is 110 Å². The third-order valence-electron chi connectivity index (χ3n) is 16.6. The molecule has 24 heteroatoms. The molecule has 4 aliphatic rings. The number of fused-ring (bicyclic) bond motifs is 8. The van der Waals surface area contributed by atoms with Gasteiger partial charge in [0.1, 0.15) is 18.1 Å². The molecule has 0 spiro atoms. The summed E-state index contributed by atoms with van der Waals surface area (Å²) in [5, 5.41) is 18.5. The van der Waals surface area contributed by atoms with Gasteiger partial charge in [0.05, 0.1) is 41.9 Å². The first kappa shape index (κ1) is 65.4. The van der Waals surface area contributed by atoms with Gasteiger partial charge in [0.15, 0.2) is 5.16 Å². The maximum atomic E-state index is 14.8. The summed E-state index contributed by atoms with van der Waals surface area (Å²) in [6.07, 6.45) is 5.39. The minimum absolute atomic E-state index is 0.0361. The predicted octanol–water partition coefficient (Wildman–Crippen LogP) is 5.51. The molecule has 1 aromatic carbocycles. The average Bonchev–Trinajstić information content (AvgIpc) is 3.80. The smallest absolute Gasteiger partial charge is 0.326 e. The van der Waals surface area contributed by atoms with Crippen LogP contribution in [0.15, 0.2) is 35.5 Å². The summed E-state index contributed by atoms with van der Waals surface area (Å²) in [6.45, 7) is 13.1. The number of carboxylic acid groups (broad SMARTS) is 1. The van der Waals surface area contributed by atoms with Crippen LogP contribution in [-0.4, -0.2) is 181 Å². The first-order valence-corrected chi connectivity index (χ1v) is 30.8. The second kappa shape index (κ2) is 30.2. The monoisotopic (exact) mass is 1180 g/mol. The number of rotatable bonds is 25. The van der Waals surface area contributed by atoms with Crippen molar-refractivity contribution in [2.24, 2.45) is 23.7 Å². The van der Waals surface area contributed by atoms with Crippen LogP contribution in [0.5, 0.6) is 0 Å². The van der Waals surface area contributed by atoms with Crippen molar-refractivity contribution in [1.82, 2.24) is 40.3 Å². The van der Waals surface area contributed by atoms with Crippen molar-refractivity contribution in [2.45, 2.75) is 202 Å². The van der Waals surface area contributed by atoms with E-state index in [1.807, 2.05) is 19.9 Å². The Morgan fingerprint density at radius 3 is 2.12 bits per heavy atom. The molecule has 4 N–H and O–H groups in total. The Hall–Kier alpha value is -5.72. The van der Waals surface area contributed by atoms with Gasteiger partial charge in [0, 0.05) is 71.0 Å². The summed E-state index contributed by atoms with van der Waals surface area (Å²) in [6, 6.07) is 4.57. The molecular formula is C58H86N10O12S2. The third-order valence-corrected chi connectivity index (χ3v) is 19.3. The van der Waals surface area contributed by atoms with Crippen LogP contribution in [-0.2, 0) is 59.0 Å². The molecule has 3 fully saturated rings. The number of hydrogen-bond donors (Lipinski definition) is 4. The number of ether oxygens (including phenoxy) is 2. The lowest BCUT2D eigenvalue weighted by Crippen LogP contribution is -2.60. The molecule has 6 rings (SSSR count). The highest BCUT2D eigenvalue weighted by Gasteiger charge is 2.46. The number of carbonyl (C=O) groups excluding carboxylic acids is 8. The largest absolute Gasteiger partial charge is 0.480 e. The Labute approximate surface area is 490 Å². The van der Waals surface area contributed by atoms with E-state index in [2.05, 4.69) is 30.9 Å². The fourth-order valence-corrected chi connectivity index (χ4v) is 14.4. The van der Waals surface area contributed by atoms with Crippen LogP contribution in [0.2, 0.25) is 0 Å². The standard InChI is InChI=1S/C58H86N10O12S2/c1-12-34(6)49(41(79-10)30-45(71)67-28-18-23-40(67)50(80-11)35(7)51(73)59-39(55(77)78)29-36-19-14-13-15-20-36)66(9)54(76)47(32(2)3)61-52(74)48(33(4)5)65(8)44(70)27-26-43(69)60-56-62-57-64-58(63-56)82-38-22-17-16-21-37(24-25-38)81-42-31-46(72)68(57)53(42)75/h13-15,19-20,32-35,37-42,47-50H,12,16-18,21-31H2,1-11H3,(H,59,73)(H,61,74)(H,77,78)(H,60,62,63,64,69)/t34-,35+,37?,38?,39-,40-,41+,42?,47-,48?,49?,50+/m0/s1. The second-order valence-electron chi connectivity index (χ2n) is 23.0. The summed E-state index contributed by atoms with van der Waals surface area (Å²) in [4.78, 5) is 143. The molecule has 452 valence electrons. The maximum Gasteiger partial charge on any atom is 0.326 e. The fraction of sp³-hybridized carbons (Fsp3) is 0.690. The number of amides is 8. The molecule has 22 nitrogen and oxygen atoms in total. The minimum atomic E-state index is -1.18. The van der Waals surface area contributed by atoms with Crippen molar-refractivity contribution in [1.29, 1.82) is 0 Å². The van der Waals surface area contributed by atoms with Gasteiger partial charge in [-0.25, -0.2) is 9.69 Å². The topological polar surface area (TPSA) is 280 Å². The molecular weight excluding hydrogens is 1090 g/mol. The number of carboxylic acids is 1. The number of aromatic nitrogens is 3. The van der Waals surface area contributed by atoms with E-state index in [1.165, 1.54) is 42.8 Å². The van der Waals surface area contributed by atoms with Crippen LogP contribution in [0, 0.1) is 23.7 Å². The first-order valence-electron chi connectivity index (χ1n) is 29.0. The number of nitrogens with zero attached hydrogens (tertiary/aromatic N) is 7. The quantitative estimate of drug-likeness (QED) is 0.0892. The molecule has 3 aliphatic heterocycles. The van der Waals surface area contributed by atoms with Crippen molar-refractivity contribution < 1.29 is 57.7 Å². The van der Waals surface area contributed by atoms with Crippen LogP contribution < -0.4 is 20.9 Å². The van der Waals surface area contributed by atoms with Crippen LogP contribution in [0.25, 0.3) is 0 Å². The van der Waals surface area contributed by atoms with Crippen molar-refractivity contribution in [2.75, 3.05) is 45.1 Å². The van der Waals surface area contributed by atoms with Crippen molar-refractivity contribution in [3.05, 3.63) is 35.9 Å². The van der Waals surface area contributed by atoms with Gasteiger partial charge < -0.3 is 39.9 Å². The van der Waals surface area contributed by atoms with E-state index in [4.69, 9.17) is 9.47 Å². The zero-order valence-electron chi connectivity index (χ0n) is 49.5. The number of thioether (sulfide) groups is 2. The Bertz CT molecular complexity index is 2600. The number of carbonyl (C=O) groups is 9. The number of hydrogen-bond acceptors (Lipinski definition) is 16. The van der Waals surface area contributed by atoms with E-state index >= 15 is 0 Å². The average molecular weight is 1180 g/mol. The van der Waals surface area contributed by atoms with Gasteiger partial charge in [-0.05, 0) is 61.8 Å². The Kier molecular flexibility index (Phi) is 24.1. The summed E-state index contributed by atoms with van der Waals surface area (Å²) in [5.41, 5.74) is 0.751. The van der Waals surface area contributed by atoms with Crippen molar-refractivity contribution in [3.63, 3.8) is 0 Å². The number of imide groups is 1. The van der Waals surface area contributed by atoms with E-state index in [0.29, 0.717) is 25.8 Å². The Balaban J connectivity index is 1.09. The summed E-state index contributed by atoms with van der Waals surface area (Å²) in [5.74, 6) is -7.05. The van der Waals surface area contributed by atoms with Gasteiger partial charge in [0.25, 0.3) is 0 Å². The van der Waals surface area contributed by atoms with E-state index in [1.54, 1.807) is 82.6 Å². The normalized spacial score (nSPS) is 22.1. The molecule has 0 radical (unpaired) electrons. The first-order chi connectivity index (χ1) is 39.0. The highest BCUT2D eigenvalue weighted by molar-refractivity contribution is 8.01. The van der Waals surface area contributed by atoms with Gasteiger partial charge in [0.2, 0.25) is 59.2 Å². The van der Waals surface area contributed by atoms with Gasteiger partial charge in [-0.2, -0.15) is 15.0 Å². The fourth-order valence-electron chi connectivity index (χ4n) is 11.8. The highest BCUT2D eigenvalue weighted by Crippen LogP contribution is 2.40. The number of aliphatic carboxylic acids is 1. The van der Waals surface area contributed by atoms with Crippen molar-refractivity contribution in [3.8, 4) is 0 Å². The molecule has 6 bridgehead atoms. The molecule has 1 aromatic heterocycles. The number of likely N-dealkylation sites (N-methyl/N-ethyl adjacent to an activating group) is 2. The second-order valence-corrected chi connectivity index (χ2v) is 25.8. The zero-order chi connectivity index (χ0) is 60.1. The lowest BCUT2D eigenvalue weighted by atomic mass is 9.89. The Morgan fingerprint density at radius 2 is 1.49 bits per heavy atom. The lowest BCUT2D eigenvalue weighted by Gasteiger charge is -2.41. The SMILES string of the molecule is CC[C@H](C)C([C@@H](CC(=O)N1CCC[C@H]1[C@H](OC)[C@@H](C)C(=O)N[C@@H](Cc1ccccc1)C(=O)O)OC)N(C)C(=O)[C@@H](NC(=O)C(C(C)C)N(C)C(=O)CCC(=O)Nc1nc2nc(n1)N1C(=O)CC(SC3CCCCC(CC3)S2)C1=O)C(C)C. The summed E-state index contributed by atoms with van der Waals surface area (Å²) >= 11 is 3.00. The van der Waals surface area contributed by atoms with E-state index < -0.39 is 113 Å². The van der Waals surface area contributed by atoms with Crippen molar-refractivity contribution >= 4 is 88.6 Å². The minimum Gasteiger partial charge on any atom is -0.480 e. The molecule has 2 saturated heterocycles. The lowest BCUT2D eigenvalue weighted by molar-refractivity contribution is -0.149. The Morgan fingerprint density at radius 1 is 0.805 bits per heavy atom. The molecule has 82 heavy (non-hydrogen) atoms. The molecule has 5 unspecified atom stereocenters. The van der Waals surface area contributed by atoms with Crippen LogP contribution in [0.4, 0.5) is 11.9 Å². The molecule has 4 heterocycles. The number of benzene rings is 1. The van der Waals surface area contributed by atoms with Gasteiger partial charge in [-0.3, -0.25) is 43.7 Å². The summed E-state index contributed by atoms with van der Waals surface area (Å²) < 4.78 is 12.0. The number of methoxy groups -OCH3 is 2. The predicted molar refractivity (Wildman–Crippen MR) is 311 cm³/mol.